The fraction of sp³-hybridized carbons (Fsp3) is 0.737. The molecule has 2 aliphatic heterocycles. The quantitative estimate of drug-likeness (QED) is 0.430. The molecule has 1 saturated heterocycles. The molecule has 2 heterocycles. The van der Waals surface area contributed by atoms with Crippen molar-refractivity contribution in [3.05, 3.63) is 23.7 Å². The zero-order valence-corrected chi connectivity index (χ0v) is 16.3. The molecule has 24 heavy (non-hydrogen) atoms. The van der Waals surface area contributed by atoms with E-state index in [9.17, 15) is 4.79 Å². The lowest BCUT2D eigenvalue weighted by atomic mass is 9.48. The first-order valence-corrected chi connectivity index (χ1v) is 12.5. The molecule has 4 nitrogen and oxygen atoms in total. The van der Waals surface area contributed by atoms with Gasteiger partial charge in [0, 0.05) is 17.9 Å². The molecule has 0 N–H and O–H groups in total. The first-order valence-electron chi connectivity index (χ1n) is 9.09. The summed E-state index contributed by atoms with van der Waals surface area (Å²) in [5, 5.41) is 0. The van der Waals surface area contributed by atoms with Gasteiger partial charge in [-0.2, -0.15) is 0 Å². The molecule has 0 aromatic carbocycles. The molecule has 0 spiro atoms. The van der Waals surface area contributed by atoms with E-state index in [0.29, 0.717) is 12.6 Å². The van der Waals surface area contributed by atoms with Crippen LogP contribution in [0, 0.1) is 22.7 Å². The first kappa shape index (κ1) is 16.2. The van der Waals surface area contributed by atoms with Gasteiger partial charge < -0.3 is 13.9 Å². The second-order valence-corrected chi connectivity index (χ2v) is 13.8. The van der Waals surface area contributed by atoms with Crippen molar-refractivity contribution in [1.29, 1.82) is 0 Å². The van der Waals surface area contributed by atoms with Crippen LogP contribution in [0.1, 0.15) is 33.1 Å². The summed E-state index contributed by atoms with van der Waals surface area (Å²) in [6, 6.07) is 0. The smallest absolute Gasteiger partial charge is 0.312 e. The van der Waals surface area contributed by atoms with E-state index >= 15 is 0 Å². The Morgan fingerprint density at radius 1 is 1.21 bits per heavy atom. The highest BCUT2D eigenvalue weighted by atomic mass is 28.4. The molecule has 5 heteroatoms. The number of carbonyl (C=O) groups is 1. The van der Waals surface area contributed by atoms with Crippen LogP contribution in [0.25, 0.3) is 0 Å². The fourth-order valence-electron chi connectivity index (χ4n) is 5.52. The lowest BCUT2D eigenvalue weighted by Gasteiger charge is -2.54. The zero-order chi connectivity index (χ0) is 17.3. The number of fused-ring (bicyclic) bond motifs is 2. The highest BCUT2D eigenvalue weighted by molar-refractivity contribution is 6.70. The summed E-state index contributed by atoms with van der Waals surface area (Å²) in [6.45, 7) is 11.5. The maximum Gasteiger partial charge on any atom is 0.312 e. The molecule has 2 aliphatic carbocycles. The SMILES string of the molecule is C[C@@]12CCC[C@]3(C)C(=O)O[C@H](C=C4COC(O[Si](C)(C)C)=C[C@@H]41)[C@H]23. The molecule has 4 aliphatic rings. The van der Waals surface area contributed by atoms with Gasteiger partial charge in [0.1, 0.15) is 12.7 Å². The maximum atomic E-state index is 12.6. The number of rotatable bonds is 2. The zero-order valence-electron chi connectivity index (χ0n) is 15.3. The molecule has 5 atom stereocenters. The summed E-state index contributed by atoms with van der Waals surface area (Å²) < 4.78 is 17.8. The standard InChI is InChI=1S/C19H28O4Si/c1-18-7-6-8-19(2)16(18)14(22-17(19)20)9-12-11-21-15(10-13(12)18)23-24(3,4)5/h9-10,13-14,16H,6-8,11H2,1-5H3/t13-,14+,16+,18+,19-/m0/s1. The number of ether oxygens (including phenoxy) is 2. The lowest BCUT2D eigenvalue weighted by molar-refractivity contribution is -0.148. The van der Waals surface area contributed by atoms with E-state index in [1.807, 2.05) is 0 Å². The molecule has 0 unspecified atom stereocenters. The van der Waals surface area contributed by atoms with Gasteiger partial charge >= 0.3 is 5.97 Å². The number of hydrogen-bond donors (Lipinski definition) is 0. The van der Waals surface area contributed by atoms with Crippen molar-refractivity contribution in [1.82, 2.24) is 0 Å². The van der Waals surface area contributed by atoms with Gasteiger partial charge in [-0.15, -0.1) is 0 Å². The molecule has 132 valence electrons. The van der Waals surface area contributed by atoms with Crippen LogP contribution in [-0.2, 0) is 18.7 Å². The van der Waals surface area contributed by atoms with Gasteiger partial charge in [0.15, 0.2) is 0 Å². The van der Waals surface area contributed by atoms with E-state index in [2.05, 4.69) is 45.6 Å². The van der Waals surface area contributed by atoms with E-state index in [-0.39, 0.29) is 34.7 Å². The van der Waals surface area contributed by atoms with Crippen molar-refractivity contribution >= 4 is 14.3 Å². The second-order valence-electron chi connectivity index (χ2n) is 9.33. The third kappa shape index (κ3) is 2.20. The normalized spacial score (nSPS) is 43.7. The van der Waals surface area contributed by atoms with Crippen LogP contribution < -0.4 is 0 Å². The summed E-state index contributed by atoms with van der Waals surface area (Å²) in [5.74, 6) is 1.21. The van der Waals surface area contributed by atoms with E-state index in [4.69, 9.17) is 13.9 Å². The Bertz CT molecular complexity index is 646. The predicted octanol–water partition coefficient (Wildman–Crippen LogP) is 4.00. The Morgan fingerprint density at radius 3 is 2.67 bits per heavy atom. The van der Waals surface area contributed by atoms with Gasteiger partial charge in [0.2, 0.25) is 8.32 Å². The highest BCUT2D eigenvalue weighted by Gasteiger charge is 2.65. The van der Waals surface area contributed by atoms with Crippen LogP contribution in [0.5, 0.6) is 0 Å². The Hall–Kier alpha value is -1.23. The summed E-state index contributed by atoms with van der Waals surface area (Å²) in [4.78, 5) is 12.6. The summed E-state index contributed by atoms with van der Waals surface area (Å²) >= 11 is 0. The van der Waals surface area contributed by atoms with Crippen molar-refractivity contribution in [2.24, 2.45) is 22.7 Å². The van der Waals surface area contributed by atoms with Crippen molar-refractivity contribution in [3.63, 3.8) is 0 Å². The van der Waals surface area contributed by atoms with Crippen molar-refractivity contribution < 1.29 is 18.7 Å². The third-order valence-corrected chi connectivity index (χ3v) is 7.24. The van der Waals surface area contributed by atoms with Gasteiger partial charge in [0.05, 0.1) is 5.41 Å². The van der Waals surface area contributed by atoms with E-state index in [1.54, 1.807) is 0 Å². The molecule has 2 fully saturated rings. The Labute approximate surface area is 145 Å². The Morgan fingerprint density at radius 2 is 1.96 bits per heavy atom. The number of esters is 1. The van der Waals surface area contributed by atoms with Gasteiger partial charge in [0.25, 0.3) is 5.95 Å². The van der Waals surface area contributed by atoms with Gasteiger partial charge in [-0.3, -0.25) is 4.79 Å². The highest BCUT2D eigenvalue weighted by Crippen LogP contribution is 2.64. The molecule has 0 aromatic heterocycles. The van der Waals surface area contributed by atoms with Crippen molar-refractivity contribution in [3.8, 4) is 0 Å². The minimum absolute atomic E-state index is 0.0117. The van der Waals surface area contributed by atoms with Crippen molar-refractivity contribution in [2.75, 3.05) is 6.61 Å². The van der Waals surface area contributed by atoms with E-state index in [0.717, 1.165) is 19.3 Å². The topological polar surface area (TPSA) is 44.8 Å². The second kappa shape index (κ2) is 4.90. The van der Waals surface area contributed by atoms with Crippen LogP contribution in [0.2, 0.25) is 19.6 Å². The van der Waals surface area contributed by atoms with Gasteiger partial charge in [-0.05, 0) is 56.5 Å². The predicted molar refractivity (Wildman–Crippen MR) is 93.5 cm³/mol. The van der Waals surface area contributed by atoms with E-state index in [1.165, 1.54) is 5.57 Å². The lowest BCUT2D eigenvalue weighted by Crippen LogP contribution is -2.53. The van der Waals surface area contributed by atoms with Crippen LogP contribution in [-0.4, -0.2) is 27.0 Å². The van der Waals surface area contributed by atoms with Crippen LogP contribution in [0.4, 0.5) is 0 Å². The Balaban J connectivity index is 1.76. The molecular weight excluding hydrogens is 320 g/mol. The molecule has 1 saturated carbocycles. The molecule has 0 amide bonds. The average Bonchev–Trinajstić information content (AvgIpc) is 2.71. The largest absolute Gasteiger partial charge is 0.520 e. The minimum Gasteiger partial charge on any atom is -0.520 e. The molecular formula is C19H28O4Si. The minimum atomic E-state index is -1.70. The monoisotopic (exact) mass is 348 g/mol. The summed E-state index contributed by atoms with van der Waals surface area (Å²) in [5.41, 5.74) is 0.942. The van der Waals surface area contributed by atoms with Gasteiger partial charge in [-0.1, -0.05) is 13.3 Å². The van der Waals surface area contributed by atoms with Crippen LogP contribution in [0.3, 0.4) is 0 Å². The summed E-state index contributed by atoms with van der Waals surface area (Å²) in [7, 11) is -1.70. The van der Waals surface area contributed by atoms with E-state index < -0.39 is 8.32 Å². The van der Waals surface area contributed by atoms with Gasteiger partial charge in [-0.25, -0.2) is 0 Å². The third-order valence-electron chi connectivity index (χ3n) is 6.43. The number of hydrogen-bond acceptors (Lipinski definition) is 4. The average molecular weight is 349 g/mol. The summed E-state index contributed by atoms with van der Waals surface area (Å²) in [6.07, 6.45) is 7.39. The molecule has 4 rings (SSSR count). The first-order chi connectivity index (χ1) is 11.1. The molecule has 0 aromatic rings. The number of carbonyl (C=O) groups excluding carboxylic acids is 1. The number of allylic oxidation sites excluding steroid dienone is 1. The molecule has 0 bridgehead atoms. The van der Waals surface area contributed by atoms with Crippen LogP contribution in [0.15, 0.2) is 23.7 Å². The Kier molecular flexibility index (Phi) is 3.32. The maximum absolute atomic E-state index is 12.6. The molecule has 0 radical (unpaired) electrons. The van der Waals surface area contributed by atoms with Crippen molar-refractivity contribution in [2.45, 2.75) is 58.9 Å². The fourth-order valence-corrected chi connectivity index (χ4v) is 6.26. The van der Waals surface area contributed by atoms with Crippen LogP contribution >= 0.6 is 0 Å².